The van der Waals surface area contributed by atoms with E-state index in [0.717, 1.165) is 42.9 Å². The minimum atomic E-state index is 0.103. The number of rotatable bonds is 4. The second-order valence-electron chi connectivity index (χ2n) is 7.06. The van der Waals surface area contributed by atoms with Crippen molar-refractivity contribution in [2.45, 2.75) is 38.3 Å². The van der Waals surface area contributed by atoms with Crippen LogP contribution >= 0.6 is 0 Å². The van der Waals surface area contributed by atoms with Gasteiger partial charge in [-0.25, -0.2) is 0 Å². The lowest BCUT2D eigenvalue weighted by atomic mass is 10.1. The van der Waals surface area contributed by atoms with E-state index in [-0.39, 0.29) is 11.9 Å². The summed E-state index contributed by atoms with van der Waals surface area (Å²) >= 11 is 0. The average molecular weight is 335 g/mol. The fourth-order valence-corrected chi connectivity index (χ4v) is 4.01. The molecule has 0 radical (unpaired) electrons. The maximum atomic E-state index is 12.9. The van der Waals surface area contributed by atoms with Crippen molar-refractivity contribution in [3.63, 3.8) is 0 Å². The molecule has 2 aromatic rings. The van der Waals surface area contributed by atoms with Gasteiger partial charge in [0.2, 0.25) is 0 Å². The highest BCUT2D eigenvalue weighted by atomic mass is 16.2. The first kappa shape index (κ1) is 16.3. The molecule has 2 aliphatic heterocycles. The van der Waals surface area contributed by atoms with Crippen LogP contribution in [0.5, 0.6) is 0 Å². The van der Waals surface area contributed by atoms with Crippen molar-refractivity contribution in [3.05, 3.63) is 65.5 Å². The fourth-order valence-electron chi connectivity index (χ4n) is 4.01. The minimum absolute atomic E-state index is 0.103. The van der Waals surface area contributed by atoms with Gasteiger partial charge in [-0.2, -0.15) is 0 Å². The second kappa shape index (κ2) is 7.36. The number of carbonyl (C=O) groups excluding carboxylic acids is 1. The number of hydrogen-bond acceptors (Lipinski definition) is 3. The molecular weight excluding hydrogens is 310 g/mol. The van der Waals surface area contributed by atoms with E-state index in [1.165, 1.54) is 25.9 Å². The number of hydrogen-bond donors (Lipinski definition) is 0. The summed E-state index contributed by atoms with van der Waals surface area (Å²) in [6, 6.07) is 16.0. The van der Waals surface area contributed by atoms with Crippen LogP contribution in [0.1, 0.15) is 53.5 Å². The lowest BCUT2D eigenvalue weighted by Crippen LogP contribution is -2.31. The highest BCUT2D eigenvalue weighted by molar-refractivity contribution is 5.94. The number of likely N-dealkylation sites (tertiary alicyclic amines) is 2. The van der Waals surface area contributed by atoms with E-state index in [2.05, 4.69) is 23.1 Å². The molecule has 3 heterocycles. The van der Waals surface area contributed by atoms with Gasteiger partial charge >= 0.3 is 0 Å². The molecule has 25 heavy (non-hydrogen) atoms. The van der Waals surface area contributed by atoms with E-state index in [1.54, 1.807) is 0 Å². The maximum Gasteiger partial charge on any atom is 0.254 e. The molecule has 1 aromatic carbocycles. The van der Waals surface area contributed by atoms with Gasteiger partial charge in [0.15, 0.2) is 0 Å². The van der Waals surface area contributed by atoms with Crippen LogP contribution in [0.25, 0.3) is 0 Å². The van der Waals surface area contributed by atoms with Crippen LogP contribution in [0.4, 0.5) is 0 Å². The average Bonchev–Trinajstić information content (AvgIpc) is 3.34. The van der Waals surface area contributed by atoms with Crippen LogP contribution in [0.3, 0.4) is 0 Å². The van der Waals surface area contributed by atoms with Gasteiger partial charge < -0.3 is 4.90 Å². The van der Waals surface area contributed by atoms with Crippen molar-refractivity contribution in [1.29, 1.82) is 0 Å². The maximum absolute atomic E-state index is 12.9. The van der Waals surface area contributed by atoms with Gasteiger partial charge in [-0.15, -0.1) is 0 Å². The third-order valence-electron chi connectivity index (χ3n) is 5.29. The van der Waals surface area contributed by atoms with Crippen LogP contribution in [0.15, 0.2) is 48.5 Å². The molecule has 2 aliphatic rings. The molecule has 4 nitrogen and oxygen atoms in total. The summed E-state index contributed by atoms with van der Waals surface area (Å²) < 4.78 is 0. The Bertz CT molecular complexity index is 725. The van der Waals surface area contributed by atoms with Crippen molar-refractivity contribution in [1.82, 2.24) is 14.8 Å². The first-order valence-electron chi connectivity index (χ1n) is 9.35. The van der Waals surface area contributed by atoms with Gasteiger partial charge in [-0.1, -0.05) is 24.3 Å². The Balaban J connectivity index is 1.52. The molecule has 0 spiro atoms. The van der Waals surface area contributed by atoms with Crippen molar-refractivity contribution < 1.29 is 4.79 Å². The van der Waals surface area contributed by atoms with Crippen molar-refractivity contribution in [2.75, 3.05) is 19.6 Å². The minimum Gasteiger partial charge on any atom is -0.330 e. The highest BCUT2D eigenvalue weighted by Crippen LogP contribution is 2.32. The summed E-state index contributed by atoms with van der Waals surface area (Å²) in [4.78, 5) is 22.3. The summed E-state index contributed by atoms with van der Waals surface area (Å²) in [5.74, 6) is 0.120. The van der Waals surface area contributed by atoms with Gasteiger partial charge in [-0.3, -0.25) is 14.7 Å². The lowest BCUT2D eigenvalue weighted by molar-refractivity contribution is 0.0732. The number of nitrogens with zero attached hydrogens (tertiary/aromatic N) is 3. The summed E-state index contributed by atoms with van der Waals surface area (Å²) in [6.07, 6.45) is 4.63. The van der Waals surface area contributed by atoms with Crippen molar-refractivity contribution in [2.24, 2.45) is 0 Å². The summed E-state index contributed by atoms with van der Waals surface area (Å²) in [6.45, 7) is 4.09. The lowest BCUT2D eigenvalue weighted by Gasteiger charge is -2.25. The van der Waals surface area contributed by atoms with Crippen molar-refractivity contribution in [3.8, 4) is 0 Å². The monoisotopic (exact) mass is 335 g/mol. The summed E-state index contributed by atoms with van der Waals surface area (Å²) in [5.41, 5.74) is 2.93. The van der Waals surface area contributed by atoms with E-state index in [9.17, 15) is 4.79 Å². The zero-order chi connectivity index (χ0) is 17.1. The predicted molar refractivity (Wildman–Crippen MR) is 98.2 cm³/mol. The molecule has 2 saturated heterocycles. The van der Waals surface area contributed by atoms with Crippen LogP contribution in [-0.4, -0.2) is 40.3 Å². The van der Waals surface area contributed by atoms with E-state index in [0.29, 0.717) is 0 Å². The van der Waals surface area contributed by atoms with E-state index in [1.807, 2.05) is 35.2 Å². The topological polar surface area (TPSA) is 36.4 Å². The Morgan fingerprint density at radius 1 is 0.960 bits per heavy atom. The smallest absolute Gasteiger partial charge is 0.254 e. The number of amides is 1. The Hall–Kier alpha value is -2.20. The highest BCUT2D eigenvalue weighted by Gasteiger charge is 2.31. The predicted octanol–water partition coefficient (Wildman–Crippen LogP) is 3.65. The first-order chi connectivity index (χ1) is 12.3. The molecule has 0 saturated carbocycles. The summed E-state index contributed by atoms with van der Waals surface area (Å²) in [7, 11) is 0. The third-order valence-corrected chi connectivity index (χ3v) is 5.29. The molecule has 1 aromatic heterocycles. The molecule has 1 atom stereocenters. The largest absolute Gasteiger partial charge is 0.330 e. The molecule has 1 amide bonds. The molecule has 0 N–H and O–H groups in total. The Morgan fingerprint density at radius 2 is 1.76 bits per heavy atom. The SMILES string of the molecule is O=C(c1ccccc1)N1CCCC1c1cccc(CN2CCCC2)n1. The molecule has 130 valence electrons. The number of benzene rings is 1. The normalized spacial score (nSPS) is 21.0. The molecule has 4 rings (SSSR count). The fraction of sp³-hybridized carbons (Fsp3) is 0.429. The van der Waals surface area contributed by atoms with Gasteiger partial charge in [0, 0.05) is 18.7 Å². The molecule has 2 fully saturated rings. The molecule has 0 aliphatic carbocycles. The second-order valence-corrected chi connectivity index (χ2v) is 7.06. The van der Waals surface area contributed by atoms with Crippen LogP contribution in [0, 0.1) is 0 Å². The Kier molecular flexibility index (Phi) is 4.79. The molecule has 1 unspecified atom stereocenters. The van der Waals surface area contributed by atoms with Gasteiger partial charge in [0.1, 0.15) is 0 Å². The van der Waals surface area contributed by atoms with E-state index in [4.69, 9.17) is 4.98 Å². The van der Waals surface area contributed by atoms with Crippen LogP contribution in [0.2, 0.25) is 0 Å². The van der Waals surface area contributed by atoms with Gasteiger partial charge in [0.25, 0.3) is 5.91 Å². The van der Waals surface area contributed by atoms with Gasteiger partial charge in [-0.05, 0) is 63.0 Å². The molecular formula is C21H25N3O. The van der Waals surface area contributed by atoms with Gasteiger partial charge in [0.05, 0.1) is 17.4 Å². The zero-order valence-corrected chi connectivity index (χ0v) is 14.6. The Morgan fingerprint density at radius 3 is 2.56 bits per heavy atom. The standard InChI is InChI=1S/C21H25N3O/c25-21(17-8-2-1-3-9-17)24-15-7-12-20(24)19-11-6-10-18(22-19)16-23-13-4-5-14-23/h1-3,6,8-11,20H,4-5,7,12-16H2. The van der Waals surface area contributed by atoms with E-state index >= 15 is 0 Å². The Labute approximate surface area is 149 Å². The zero-order valence-electron chi connectivity index (χ0n) is 14.6. The molecule has 0 bridgehead atoms. The van der Waals surface area contributed by atoms with E-state index < -0.39 is 0 Å². The number of pyridine rings is 1. The third kappa shape index (κ3) is 3.59. The van der Waals surface area contributed by atoms with Crippen LogP contribution < -0.4 is 0 Å². The first-order valence-corrected chi connectivity index (χ1v) is 9.35. The number of carbonyl (C=O) groups is 1. The summed E-state index contributed by atoms with van der Waals surface area (Å²) in [5, 5.41) is 0. The van der Waals surface area contributed by atoms with Crippen molar-refractivity contribution >= 4 is 5.91 Å². The quantitative estimate of drug-likeness (QED) is 0.856. The molecule has 4 heteroatoms. The van der Waals surface area contributed by atoms with Crippen LogP contribution in [-0.2, 0) is 6.54 Å². The number of aromatic nitrogens is 1.